The van der Waals surface area contributed by atoms with Gasteiger partial charge in [0.1, 0.15) is 0 Å². The lowest BCUT2D eigenvalue weighted by atomic mass is 10.1. The molecule has 0 amide bonds. The molecule has 76 valence electrons. The molecule has 0 heterocycles. The third-order valence-electron chi connectivity index (χ3n) is 2.25. The molecule has 0 unspecified atom stereocenters. The smallest absolute Gasteiger partial charge is 0.0166 e. The summed E-state index contributed by atoms with van der Waals surface area (Å²) < 4.78 is 0. The zero-order valence-corrected chi connectivity index (χ0v) is 8.86. The summed E-state index contributed by atoms with van der Waals surface area (Å²) in [5, 5.41) is 0. The van der Waals surface area contributed by atoms with Crippen LogP contribution in [0.2, 0.25) is 0 Å². The first-order valence-corrected chi connectivity index (χ1v) is 5.62. The highest BCUT2D eigenvalue weighted by Crippen LogP contribution is 2.03. The first kappa shape index (κ1) is 11.0. The van der Waals surface area contributed by atoms with Crippen LogP contribution in [0, 0.1) is 0 Å². The topological polar surface area (TPSA) is 0 Å². The first-order valence-electron chi connectivity index (χ1n) is 5.62. The molecule has 0 N–H and O–H groups in total. The van der Waals surface area contributed by atoms with Crippen LogP contribution < -0.4 is 0 Å². The van der Waals surface area contributed by atoms with Gasteiger partial charge in [-0.05, 0) is 38.5 Å². The molecule has 0 spiro atoms. The van der Waals surface area contributed by atoms with Crippen LogP contribution in [0.5, 0.6) is 0 Å². The van der Waals surface area contributed by atoms with Crippen LogP contribution in [0.4, 0.5) is 0 Å². The van der Waals surface area contributed by atoms with Gasteiger partial charge in [-0.25, -0.2) is 0 Å². The highest BCUT2D eigenvalue weighted by atomic mass is 13.9. The molecule has 0 aromatic heterocycles. The molecule has 1 rings (SSSR count). The van der Waals surface area contributed by atoms with Crippen molar-refractivity contribution in [2.24, 2.45) is 0 Å². The molecule has 0 aromatic carbocycles. The second kappa shape index (κ2) is 8.55. The van der Waals surface area contributed by atoms with Crippen molar-refractivity contribution in [1.82, 2.24) is 0 Å². The highest BCUT2D eigenvalue weighted by Gasteiger charge is 1.83. The number of hydrogen-bond acceptors (Lipinski definition) is 0. The van der Waals surface area contributed by atoms with Crippen molar-refractivity contribution in [2.75, 3.05) is 0 Å². The maximum Gasteiger partial charge on any atom is -0.0166 e. The number of hydrogen-bond donors (Lipinski definition) is 0. The first-order chi connectivity index (χ1) is 7.00. The summed E-state index contributed by atoms with van der Waals surface area (Å²) in [6, 6.07) is 0. The summed E-state index contributed by atoms with van der Waals surface area (Å²) in [5.41, 5.74) is 0. The predicted octanol–water partition coefficient (Wildman–Crippen LogP) is 4.57. The molecule has 1 aliphatic rings. The molecule has 0 heteroatoms. The van der Waals surface area contributed by atoms with Crippen LogP contribution in [-0.2, 0) is 0 Å². The molecule has 0 fully saturated rings. The van der Waals surface area contributed by atoms with E-state index in [-0.39, 0.29) is 0 Å². The van der Waals surface area contributed by atoms with Crippen molar-refractivity contribution < 1.29 is 0 Å². The van der Waals surface area contributed by atoms with E-state index in [9.17, 15) is 0 Å². The molecule has 0 aromatic rings. The van der Waals surface area contributed by atoms with E-state index in [0.29, 0.717) is 0 Å². The molecule has 0 saturated heterocycles. The number of allylic oxidation sites excluding steroid dienone is 8. The normalized spacial score (nSPS) is 28.6. The lowest BCUT2D eigenvalue weighted by molar-refractivity contribution is 0.760. The summed E-state index contributed by atoms with van der Waals surface area (Å²) in [4.78, 5) is 0. The Balaban J connectivity index is 2.35. The minimum Gasteiger partial charge on any atom is -0.0882 e. The van der Waals surface area contributed by atoms with Crippen LogP contribution in [0.25, 0.3) is 0 Å². The van der Waals surface area contributed by atoms with Crippen molar-refractivity contribution in [2.45, 2.75) is 38.5 Å². The molecular formula is C14H20. The van der Waals surface area contributed by atoms with Gasteiger partial charge in [-0.15, -0.1) is 0 Å². The van der Waals surface area contributed by atoms with Crippen LogP contribution >= 0.6 is 0 Å². The Morgan fingerprint density at radius 3 is 1.50 bits per heavy atom. The standard InChI is InChI=1S/C14H20/c1-2-4-6-8-10-12-14-13-11-9-7-5-3-1/h1-4,7-10H,5-6,11-14H2/b3-1-,4-2+,9-7+,10-8+. The van der Waals surface area contributed by atoms with Crippen LogP contribution in [0.1, 0.15) is 38.5 Å². The van der Waals surface area contributed by atoms with E-state index in [2.05, 4.69) is 48.6 Å². The molecule has 0 aliphatic heterocycles. The van der Waals surface area contributed by atoms with Gasteiger partial charge in [0, 0.05) is 0 Å². The molecule has 0 nitrogen and oxygen atoms in total. The van der Waals surface area contributed by atoms with Crippen LogP contribution in [-0.4, -0.2) is 0 Å². The lowest BCUT2D eigenvalue weighted by Crippen LogP contribution is -1.73. The Morgan fingerprint density at radius 1 is 0.500 bits per heavy atom. The van der Waals surface area contributed by atoms with Crippen LogP contribution in [0.15, 0.2) is 48.6 Å². The Hall–Kier alpha value is -1.04. The largest absolute Gasteiger partial charge is 0.0882 e. The van der Waals surface area contributed by atoms with Crippen molar-refractivity contribution >= 4 is 0 Å². The van der Waals surface area contributed by atoms with E-state index in [1.54, 1.807) is 0 Å². The van der Waals surface area contributed by atoms with E-state index in [1.807, 2.05) is 0 Å². The van der Waals surface area contributed by atoms with Gasteiger partial charge in [0.2, 0.25) is 0 Å². The maximum absolute atomic E-state index is 2.30. The molecular weight excluding hydrogens is 168 g/mol. The van der Waals surface area contributed by atoms with Gasteiger partial charge in [0.25, 0.3) is 0 Å². The van der Waals surface area contributed by atoms with Gasteiger partial charge in [-0.2, -0.15) is 0 Å². The van der Waals surface area contributed by atoms with Crippen molar-refractivity contribution in [1.29, 1.82) is 0 Å². The molecule has 0 saturated carbocycles. The van der Waals surface area contributed by atoms with E-state index < -0.39 is 0 Å². The van der Waals surface area contributed by atoms with Gasteiger partial charge >= 0.3 is 0 Å². The third kappa shape index (κ3) is 6.47. The van der Waals surface area contributed by atoms with Crippen molar-refractivity contribution in [3.63, 3.8) is 0 Å². The molecule has 0 bridgehead atoms. The predicted molar refractivity (Wildman–Crippen MR) is 64.3 cm³/mol. The SMILES string of the molecule is C1=C\C/C=C/CCCC/C=C/C/C=C/1. The summed E-state index contributed by atoms with van der Waals surface area (Å²) in [6.45, 7) is 0. The maximum atomic E-state index is 2.30. The zero-order valence-electron chi connectivity index (χ0n) is 8.86. The average molecular weight is 188 g/mol. The van der Waals surface area contributed by atoms with E-state index >= 15 is 0 Å². The van der Waals surface area contributed by atoms with Crippen molar-refractivity contribution in [3.05, 3.63) is 48.6 Å². The second-order valence-corrected chi connectivity index (χ2v) is 3.55. The zero-order chi connectivity index (χ0) is 9.90. The van der Waals surface area contributed by atoms with Gasteiger partial charge in [-0.3, -0.25) is 0 Å². The molecule has 0 radical (unpaired) electrons. The third-order valence-corrected chi connectivity index (χ3v) is 2.25. The monoisotopic (exact) mass is 188 g/mol. The minimum atomic E-state index is 1.07. The van der Waals surface area contributed by atoms with Gasteiger partial charge in [0.15, 0.2) is 0 Å². The summed E-state index contributed by atoms with van der Waals surface area (Å²) in [5.74, 6) is 0. The van der Waals surface area contributed by atoms with E-state index in [0.717, 1.165) is 12.8 Å². The van der Waals surface area contributed by atoms with Gasteiger partial charge < -0.3 is 0 Å². The summed E-state index contributed by atoms with van der Waals surface area (Å²) in [7, 11) is 0. The highest BCUT2D eigenvalue weighted by molar-refractivity contribution is 5.06. The van der Waals surface area contributed by atoms with E-state index in [1.165, 1.54) is 25.7 Å². The van der Waals surface area contributed by atoms with Crippen LogP contribution in [0.3, 0.4) is 0 Å². The second-order valence-electron chi connectivity index (χ2n) is 3.55. The molecule has 14 heavy (non-hydrogen) atoms. The molecule has 0 atom stereocenters. The fourth-order valence-corrected chi connectivity index (χ4v) is 1.42. The van der Waals surface area contributed by atoms with Crippen molar-refractivity contribution in [3.8, 4) is 0 Å². The Bertz CT molecular complexity index is 202. The average Bonchev–Trinajstić information content (AvgIpc) is 2.22. The fraction of sp³-hybridized carbons (Fsp3) is 0.429. The van der Waals surface area contributed by atoms with Gasteiger partial charge in [-0.1, -0.05) is 48.6 Å². The Labute approximate surface area is 87.7 Å². The fourth-order valence-electron chi connectivity index (χ4n) is 1.42. The lowest BCUT2D eigenvalue weighted by Gasteiger charge is -1.93. The molecule has 1 aliphatic carbocycles. The Kier molecular flexibility index (Phi) is 6.74. The summed E-state index contributed by atoms with van der Waals surface area (Å²) in [6.07, 6.45) is 25.0. The van der Waals surface area contributed by atoms with E-state index in [4.69, 9.17) is 0 Å². The Morgan fingerprint density at radius 2 is 1.00 bits per heavy atom. The number of rotatable bonds is 0. The van der Waals surface area contributed by atoms with Gasteiger partial charge in [0.05, 0.1) is 0 Å². The summed E-state index contributed by atoms with van der Waals surface area (Å²) >= 11 is 0. The minimum absolute atomic E-state index is 1.07. The quantitative estimate of drug-likeness (QED) is 0.489.